The molecule has 2 heteroatoms. The van der Waals surface area contributed by atoms with Crippen LogP contribution in [0.15, 0.2) is 48.5 Å². The molecule has 0 heterocycles. The summed E-state index contributed by atoms with van der Waals surface area (Å²) >= 11 is 0. The fourth-order valence-electron chi connectivity index (χ4n) is 1.73. The van der Waals surface area contributed by atoms with Crippen molar-refractivity contribution in [2.24, 2.45) is 0 Å². The Hall–Kier alpha value is -1.96. The highest BCUT2D eigenvalue weighted by Gasteiger charge is 2.12. The van der Waals surface area contributed by atoms with Crippen molar-refractivity contribution in [1.29, 1.82) is 0 Å². The number of carbonyl (C=O) groups excluding carboxylic acids is 1. The first-order valence-electron chi connectivity index (χ1n) is 5.50. The molecule has 0 unspecified atom stereocenters. The molecule has 2 rings (SSSR count). The number of carbonyl (C=O) groups is 1. The molecule has 86 valence electrons. The van der Waals surface area contributed by atoms with Gasteiger partial charge in [0.25, 0.3) is 0 Å². The second-order valence-electron chi connectivity index (χ2n) is 4.07. The fraction of sp³-hybridized carbons (Fsp3) is 0.133. The Morgan fingerprint density at radius 1 is 1.12 bits per heavy atom. The van der Waals surface area contributed by atoms with E-state index in [9.17, 15) is 9.18 Å². The van der Waals surface area contributed by atoms with Gasteiger partial charge in [0.15, 0.2) is 5.78 Å². The van der Waals surface area contributed by atoms with Crippen LogP contribution in [0.5, 0.6) is 0 Å². The SMILES string of the molecule is Cc1ccc(F)c(C(=O)Cc2ccccc2)c1. The van der Waals surface area contributed by atoms with Crippen molar-refractivity contribution < 1.29 is 9.18 Å². The van der Waals surface area contributed by atoms with Crippen LogP contribution in [0.2, 0.25) is 0 Å². The standard InChI is InChI=1S/C15H13FO/c1-11-7-8-14(16)13(9-11)15(17)10-12-5-3-2-4-6-12/h2-9H,10H2,1H3. The quantitative estimate of drug-likeness (QED) is 0.734. The summed E-state index contributed by atoms with van der Waals surface area (Å²) in [4.78, 5) is 11.9. The van der Waals surface area contributed by atoms with E-state index in [0.717, 1.165) is 11.1 Å². The van der Waals surface area contributed by atoms with E-state index < -0.39 is 5.82 Å². The Bertz CT molecular complexity index is 532. The molecule has 2 aromatic rings. The van der Waals surface area contributed by atoms with Crippen LogP contribution in [-0.4, -0.2) is 5.78 Å². The Morgan fingerprint density at radius 3 is 2.53 bits per heavy atom. The van der Waals surface area contributed by atoms with Crippen LogP contribution >= 0.6 is 0 Å². The molecule has 0 bridgehead atoms. The molecule has 0 aromatic heterocycles. The van der Waals surface area contributed by atoms with Crippen LogP contribution in [0.4, 0.5) is 4.39 Å². The monoisotopic (exact) mass is 228 g/mol. The second-order valence-corrected chi connectivity index (χ2v) is 4.07. The molecule has 0 saturated heterocycles. The molecule has 0 aliphatic rings. The van der Waals surface area contributed by atoms with Crippen molar-refractivity contribution in [3.05, 3.63) is 71.0 Å². The Morgan fingerprint density at radius 2 is 1.82 bits per heavy atom. The maximum absolute atomic E-state index is 13.5. The molecule has 0 spiro atoms. The van der Waals surface area contributed by atoms with Crippen LogP contribution in [0, 0.1) is 12.7 Å². The second kappa shape index (κ2) is 4.91. The highest BCUT2D eigenvalue weighted by atomic mass is 19.1. The third kappa shape index (κ3) is 2.78. The van der Waals surface area contributed by atoms with Crippen molar-refractivity contribution in [3.63, 3.8) is 0 Å². The molecule has 0 fully saturated rings. The van der Waals surface area contributed by atoms with Crippen LogP contribution in [0.1, 0.15) is 21.5 Å². The smallest absolute Gasteiger partial charge is 0.170 e. The average Bonchev–Trinajstić information content (AvgIpc) is 2.33. The first-order valence-corrected chi connectivity index (χ1v) is 5.50. The highest BCUT2D eigenvalue weighted by molar-refractivity contribution is 5.97. The van der Waals surface area contributed by atoms with Gasteiger partial charge in [-0.2, -0.15) is 0 Å². The van der Waals surface area contributed by atoms with Crippen LogP contribution < -0.4 is 0 Å². The molecule has 0 atom stereocenters. The van der Waals surface area contributed by atoms with Crippen molar-refractivity contribution in [2.45, 2.75) is 13.3 Å². The zero-order valence-corrected chi connectivity index (χ0v) is 9.61. The van der Waals surface area contributed by atoms with Crippen molar-refractivity contribution in [1.82, 2.24) is 0 Å². The van der Waals surface area contributed by atoms with E-state index in [-0.39, 0.29) is 17.8 Å². The van der Waals surface area contributed by atoms with Gasteiger partial charge in [0.2, 0.25) is 0 Å². The molecule has 1 nitrogen and oxygen atoms in total. The summed E-state index contributed by atoms with van der Waals surface area (Å²) in [5, 5.41) is 0. The Balaban J connectivity index is 2.23. The molecule has 17 heavy (non-hydrogen) atoms. The summed E-state index contributed by atoms with van der Waals surface area (Å²) in [5.74, 6) is -0.631. The first-order chi connectivity index (χ1) is 8.16. The minimum absolute atomic E-state index is 0.175. The number of ketones is 1. The van der Waals surface area contributed by atoms with Gasteiger partial charge < -0.3 is 0 Å². The third-order valence-corrected chi connectivity index (χ3v) is 2.63. The number of Topliss-reactive ketones (excluding diaryl/α,β-unsaturated/α-hetero) is 1. The largest absolute Gasteiger partial charge is 0.294 e. The number of hydrogen-bond donors (Lipinski definition) is 0. The van der Waals surface area contributed by atoms with Crippen molar-refractivity contribution in [3.8, 4) is 0 Å². The third-order valence-electron chi connectivity index (χ3n) is 2.63. The zero-order valence-electron chi connectivity index (χ0n) is 9.61. The van der Waals surface area contributed by atoms with Crippen LogP contribution in [0.25, 0.3) is 0 Å². The fourth-order valence-corrected chi connectivity index (χ4v) is 1.73. The predicted molar refractivity (Wildman–Crippen MR) is 65.6 cm³/mol. The van der Waals surface area contributed by atoms with Gasteiger partial charge in [-0.3, -0.25) is 4.79 Å². The maximum atomic E-state index is 13.5. The molecule has 0 saturated carbocycles. The lowest BCUT2D eigenvalue weighted by atomic mass is 10.0. The highest BCUT2D eigenvalue weighted by Crippen LogP contribution is 2.13. The summed E-state index contributed by atoms with van der Waals surface area (Å²) < 4.78 is 13.5. The lowest BCUT2D eigenvalue weighted by Crippen LogP contribution is -2.06. The Labute approximate surface area is 99.9 Å². The Kier molecular flexibility index (Phi) is 3.33. The van der Waals surface area contributed by atoms with Crippen molar-refractivity contribution in [2.75, 3.05) is 0 Å². The minimum Gasteiger partial charge on any atom is -0.294 e. The molecular weight excluding hydrogens is 215 g/mol. The minimum atomic E-state index is -0.448. The topological polar surface area (TPSA) is 17.1 Å². The summed E-state index contributed by atoms with van der Waals surface area (Å²) in [5.41, 5.74) is 1.97. The van der Waals surface area contributed by atoms with E-state index in [1.807, 2.05) is 37.3 Å². The van der Waals surface area contributed by atoms with Gasteiger partial charge in [-0.15, -0.1) is 0 Å². The lowest BCUT2D eigenvalue weighted by Gasteiger charge is -2.04. The van der Waals surface area contributed by atoms with E-state index in [0.29, 0.717) is 0 Å². The van der Waals surface area contributed by atoms with Gasteiger partial charge >= 0.3 is 0 Å². The summed E-state index contributed by atoms with van der Waals surface area (Å²) in [6, 6.07) is 14.0. The van der Waals surface area contributed by atoms with E-state index in [4.69, 9.17) is 0 Å². The van der Waals surface area contributed by atoms with E-state index >= 15 is 0 Å². The van der Waals surface area contributed by atoms with Gasteiger partial charge in [0, 0.05) is 6.42 Å². The molecule has 0 radical (unpaired) electrons. The molecule has 0 aliphatic carbocycles. The number of aryl methyl sites for hydroxylation is 1. The van der Waals surface area contributed by atoms with E-state index in [2.05, 4.69) is 0 Å². The average molecular weight is 228 g/mol. The number of halogens is 1. The molecule has 2 aromatic carbocycles. The summed E-state index contributed by atoms with van der Waals surface area (Å²) in [6.07, 6.45) is 0.237. The van der Waals surface area contributed by atoms with Gasteiger partial charge in [-0.1, -0.05) is 42.0 Å². The predicted octanol–water partition coefficient (Wildman–Crippen LogP) is 3.56. The summed E-state index contributed by atoms with van der Waals surface area (Å²) in [6.45, 7) is 1.85. The molecule has 0 amide bonds. The lowest BCUT2D eigenvalue weighted by molar-refractivity contribution is 0.0989. The van der Waals surface area contributed by atoms with Crippen LogP contribution in [0.3, 0.4) is 0 Å². The number of benzene rings is 2. The number of rotatable bonds is 3. The van der Waals surface area contributed by atoms with Gasteiger partial charge in [0.1, 0.15) is 5.82 Å². The zero-order chi connectivity index (χ0) is 12.3. The summed E-state index contributed by atoms with van der Waals surface area (Å²) in [7, 11) is 0. The van der Waals surface area contributed by atoms with Gasteiger partial charge in [-0.05, 0) is 24.6 Å². The number of hydrogen-bond acceptors (Lipinski definition) is 1. The van der Waals surface area contributed by atoms with Gasteiger partial charge in [-0.25, -0.2) is 4.39 Å². The van der Waals surface area contributed by atoms with E-state index in [1.54, 1.807) is 12.1 Å². The molecular formula is C15H13FO. The molecule has 0 aliphatic heterocycles. The van der Waals surface area contributed by atoms with Crippen molar-refractivity contribution >= 4 is 5.78 Å². The first kappa shape index (κ1) is 11.5. The molecule has 0 N–H and O–H groups in total. The van der Waals surface area contributed by atoms with Crippen LogP contribution in [-0.2, 0) is 6.42 Å². The normalized spacial score (nSPS) is 10.2. The van der Waals surface area contributed by atoms with Gasteiger partial charge in [0.05, 0.1) is 5.56 Å². The van der Waals surface area contributed by atoms with E-state index in [1.165, 1.54) is 6.07 Å². The maximum Gasteiger partial charge on any atom is 0.170 e.